The molecule has 2 rings (SSSR count). The minimum atomic E-state index is -0.914. The monoisotopic (exact) mass is 262 g/mol. The Balaban J connectivity index is 1.85. The standard InChI is InChI=1S/C13H18N4O2/c1-17-7-3-11(16-17)2-6-15-12(18)13(10-14)4-8-19-9-5-13/h3,7H,2,4-6,8-9H2,1H3,(H,15,18). The van der Waals surface area contributed by atoms with Crippen LogP contribution in [0.3, 0.4) is 0 Å². The number of ether oxygens (including phenoxy) is 1. The first kappa shape index (κ1) is 13.6. The lowest BCUT2D eigenvalue weighted by Crippen LogP contribution is -2.44. The maximum absolute atomic E-state index is 12.1. The zero-order valence-electron chi connectivity index (χ0n) is 11.1. The summed E-state index contributed by atoms with van der Waals surface area (Å²) in [6.45, 7) is 1.45. The molecule has 0 bridgehead atoms. The van der Waals surface area contributed by atoms with Gasteiger partial charge in [0.1, 0.15) is 5.41 Å². The Morgan fingerprint density at radius 2 is 2.37 bits per heavy atom. The van der Waals surface area contributed by atoms with Gasteiger partial charge in [0.2, 0.25) is 5.91 Å². The van der Waals surface area contributed by atoms with E-state index in [-0.39, 0.29) is 5.91 Å². The third-order valence-corrected chi connectivity index (χ3v) is 3.43. The van der Waals surface area contributed by atoms with Crippen LogP contribution in [0.25, 0.3) is 0 Å². The second kappa shape index (κ2) is 5.85. The first-order chi connectivity index (χ1) is 9.16. The Kier molecular flexibility index (Phi) is 4.17. The van der Waals surface area contributed by atoms with Crippen LogP contribution in [0, 0.1) is 16.7 Å². The third kappa shape index (κ3) is 3.12. The summed E-state index contributed by atoms with van der Waals surface area (Å²) in [7, 11) is 1.86. The maximum Gasteiger partial charge on any atom is 0.240 e. The summed E-state index contributed by atoms with van der Waals surface area (Å²) in [5.74, 6) is -0.186. The number of aryl methyl sites for hydroxylation is 1. The van der Waals surface area contributed by atoms with Gasteiger partial charge in [-0.2, -0.15) is 10.4 Å². The van der Waals surface area contributed by atoms with Crippen LogP contribution in [0.15, 0.2) is 12.3 Å². The van der Waals surface area contributed by atoms with Gasteiger partial charge in [-0.3, -0.25) is 9.48 Å². The van der Waals surface area contributed by atoms with Crippen LogP contribution in [-0.2, 0) is 23.0 Å². The predicted octanol–water partition coefficient (Wildman–Crippen LogP) is 0.399. The highest BCUT2D eigenvalue weighted by atomic mass is 16.5. The lowest BCUT2D eigenvalue weighted by Gasteiger charge is -2.29. The van der Waals surface area contributed by atoms with Gasteiger partial charge in [-0.25, -0.2) is 0 Å². The van der Waals surface area contributed by atoms with E-state index in [1.54, 1.807) is 4.68 Å². The van der Waals surface area contributed by atoms with Crippen molar-refractivity contribution >= 4 is 5.91 Å². The SMILES string of the molecule is Cn1ccc(CCNC(=O)C2(C#N)CCOCC2)n1. The molecular formula is C13H18N4O2. The molecule has 2 heterocycles. The summed E-state index contributed by atoms with van der Waals surface area (Å²) >= 11 is 0. The van der Waals surface area contributed by atoms with Crippen LogP contribution in [0.5, 0.6) is 0 Å². The fourth-order valence-electron chi connectivity index (χ4n) is 2.18. The van der Waals surface area contributed by atoms with Crippen molar-refractivity contribution in [3.05, 3.63) is 18.0 Å². The first-order valence-electron chi connectivity index (χ1n) is 6.42. The quantitative estimate of drug-likeness (QED) is 0.851. The Bertz CT molecular complexity index is 483. The summed E-state index contributed by atoms with van der Waals surface area (Å²) < 4.78 is 6.94. The van der Waals surface area contributed by atoms with Gasteiger partial charge in [0.25, 0.3) is 0 Å². The molecule has 0 saturated carbocycles. The number of amides is 1. The van der Waals surface area contributed by atoms with Crippen molar-refractivity contribution in [3.8, 4) is 6.07 Å². The number of hydrogen-bond acceptors (Lipinski definition) is 4. The van der Waals surface area contributed by atoms with Crippen LogP contribution < -0.4 is 5.32 Å². The van der Waals surface area contributed by atoms with E-state index in [1.807, 2.05) is 19.3 Å². The molecule has 0 aliphatic carbocycles. The highest BCUT2D eigenvalue weighted by molar-refractivity contribution is 5.85. The van der Waals surface area contributed by atoms with E-state index in [0.717, 1.165) is 5.69 Å². The topological polar surface area (TPSA) is 79.9 Å². The number of nitrogens with one attached hydrogen (secondary N) is 1. The number of rotatable bonds is 4. The average molecular weight is 262 g/mol. The molecule has 0 aromatic carbocycles. The second-order valence-electron chi connectivity index (χ2n) is 4.79. The van der Waals surface area contributed by atoms with E-state index >= 15 is 0 Å². The zero-order chi connectivity index (χ0) is 13.7. The van der Waals surface area contributed by atoms with E-state index in [0.29, 0.717) is 39.0 Å². The largest absolute Gasteiger partial charge is 0.381 e. The van der Waals surface area contributed by atoms with Crippen molar-refractivity contribution in [1.29, 1.82) is 5.26 Å². The fraction of sp³-hybridized carbons (Fsp3) is 0.615. The van der Waals surface area contributed by atoms with E-state index < -0.39 is 5.41 Å². The van der Waals surface area contributed by atoms with E-state index in [4.69, 9.17) is 4.74 Å². The molecule has 1 aliphatic rings. The van der Waals surface area contributed by atoms with Gasteiger partial charge in [0, 0.05) is 39.4 Å². The smallest absolute Gasteiger partial charge is 0.240 e. The molecule has 1 amide bonds. The van der Waals surface area contributed by atoms with Gasteiger partial charge in [-0.05, 0) is 18.9 Å². The first-order valence-corrected chi connectivity index (χ1v) is 6.42. The van der Waals surface area contributed by atoms with Gasteiger partial charge < -0.3 is 10.1 Å². The molecular weight excluding hydrogens is 244 g/mol. The van der Waals surface area contributed by atoms with E-state index in [9.17, 15) is 10.1 Å². The summed E-state index contributed by atoms with van der Waals surface area (Å²) in [6, 6.07) is 4.08. The van der Waals surface area contributed by atoms with Crippen molar-refractivity contribution < 1.29 is 9.53 Å². The molecule has 1 fully saturated rings. The summed E-state index contributed by atoms with van der Waals surface area (Å²) in [6.07, 6.45) is 3.48. The molecule has 1 aliphatic heterocycles. The number of carbonyl (C=O) groups excluding carboxylic acids is 1. The van der Waals surface area contributed by atoms with Gasteiger partial charge in [-0.1, -0.05) is 0 Å². The number of nitriles is 1. The molecule has 0 spiro atoms. The third-order valence-electron chi connectivity index (χ3n) is 3.43. The molecule has 0 atom stereocenters. The summed E-state index contributed by atoms with van der Waals surface area (Å²) in [5, 5.41) is 16.3. The van der Waals surface area contributed by atoms with Gasteiger partial charge in [-0.15, -0.1) is 0 Å². The lowest BCUT2D eigenvalue weighted by molar-refractivity contribution is -0.132. The minimum Gasteiger partial charge on any atom is -0.381 e. The summed E-state index contributed by atoms with van der Waals surface area (Å²) in [5.41, 5.74) is 0.0170. The van der Waals surface area contributed by atoms with E-state index in [1.165, 1.54) is 0 Å². The van der Waals surface area contributed by atoms with Crippen molar-refractivity contribution in [3.63, 3.8) is 0 Å². The predicted molar refractivity (Wildman–Crippen MR) is 68.0 cm³/mol. The lowest BCUT2D eigenvalue weighted by atomic mass is 9.81. The molecule has 1 aromatic heterocycles. The normalized spacial score (nSPS) is 17.7. The van der Waals surface area contributed by atoms with Crippen molar-refractivity contribution in [2.75, 3.05) is 19.8 Å². The molecule has 0 radical (unpaired) electrons. The molecule has 102 valence electrons. The molecule has 1 saturated heterocycles. The highest BCUT2D eigenvalue weighted by Crippen LogP contribution is 2.29. The molecule has 19 heavy (non-hydrogen) atoms. The fourth-order valence-corrected chi connectivity index (χ4v) is 2.18. The molecule has 6 heteroatoms. The maximum atomic E-state index is 12.1. The number of aromatic nitrogens is 2. The van der Waals surface area contributed by atoms with Gasteiger partial charge in [0.15, 0.2) is 0 Å². The molecule has 1 N–H and O–H groups in total. The van der Waals surface area contributed by atoms with Crippen molar-refractivity contribution in [2.24, 2.45) is 12.5 Å². The number of nitrogens with zero attached hydrogens (tertiary/aromatic N) is 3. The second-order valence-corrected chi connectivity index (χ2v) is 4.79. The van der Waals surface area contributed by atoms with Crippen LogP contribution >= 0.6 is 0 Å². The molecule has 6 nitrogen and oxygen atoms in total. The van der Waals surface area contributed by atoms with Crippen LogP contribution in [-0.4, -0.2) is 35.4 Å². The Hall–Kier alpha value is -1.87. The van der Waals surface area contributed by atoms with Crippen molar-refractivity contribution in [1.82, 2.24) is 15.1 Å². The molecule has 1 aromatic rings. The number of hydrogen-bond donors (Lipinski definition) is 1. The zero-order valence-corrected chi connectivity index (χ0v) is 11.1. The summed E-state index contributed by atoms with van der Waals surface area (Å²) in [4.78, 5) is 12.1. The van der Waals surface area contributed by atoms with E-state index in [2.05, 4.69) is 16.5 Å². The average Bonchev–Trinajstić information content (AvgIpc) is 2.85. The van der Waals surface area contributed by atoms with Crippen LogP contribution in [0.1, 0.15) is 18.5 Å². The van der Waals surface area contributed by atoms with Gasteiger partial charge >= 0.3 is 0 Å². The van der Waals surface area contributed by atoms with Crippen LogP contribution in [0.4, 0.5) is 0 Å². The minimum absolute atomic E-state index is 0.186. The Morgan fingerprint density at radius 3 is 2.95 bits per heavy atom. The Morgan fingerprint density at radius 1 is 1.63 bits per heavy atom. The Labute approximate surface area is 112 Å². The highest BCUT2D eigenvalue weighted by Gasteiger charge is 2.40. The van der Waals surface area contributed by atoms with Gasteiger partial charge in [0.05, 0.1) is 11.8 Å². The number of carbonyl (C=O) groups is 1. The van der Waals surface area contributed by atoms with Crippen molar-refractivity contribution in [2.45, 2.75) is 19.3 Å². The molecule has 0 unspecified atom stereocenters. The van der Waals surface area contributed by atoms with Crippen LogP contribution in [0.2, 0.25) is 0 Å².